The first-order chi connectivity index (χ1) is 8.58. The number of aryl methyl sites for hydroxylation is 2. The molecule has 0 atom stereocenters. The van der Waals surface area contributed by atoms with E-state index in [-0.39, 0.29) is 0 Å². The van der Waals surface area contributed by atoms with E-state index in [1.807, 2.05) is 18.7 Å². The molecule has 1 heterocycles. The molecule has 1 aromatic rings. The van der Waals surface area contributed by atoms with Crippen LogP contribution in [0.4, 0.5) is 5.82 Å². The Bertz CT molecular complexity index is 366. The molecule has 0 saturated heterocycles. The number of nitrogens with zero attached hydrogens (tertiary/aromatic N) is 3. The third kappa shape index (κ3) is 3.05. The van der Waals surface area contributed by atoms with Gasteiger partial charge in [0.15, 0.2) is 0 Å². The van der Waals surface area contributed by atoms with Gasteiger partial charge in [0.05, 0.1) is 5.69 Å². The van der Waals surface area contributed by atoms with Crippen LogP contribution < -0.4 is 10.6 Å². The molecule has 0 saturated carbocycles. The first-order valence-electron chi connectivity index (χ1n) is 7.06. The molecule has 0 bridgehead atoms. The maximum Gasteiger partial charge on any atom is 0.131 e. The summed E-state index contributed by atoms with van der Waals surface area (Å²) in [5, 5.41) is 4.50. The van der Waals surface area contributed by atoms with Gasteiger partial charge in [0.2, 0.25) is 0 Å². The highest BCUT2D eigenvalue weighted by Crippen LogP contribution is 2.24. The van der Waals surface area contributed by atoms with E-state index >= 15 is 0 Å². The van der Waals surface area contributed by atoms with Gasteiger partial charge in [-0.15, -0.1) is 0 Å². The monoisotopic (exact) mass is 252 g/mol. The molecule has 0 unspecified atom stereocenters. The third-order valence-corrected chi connectivity index (χ3v) is 3.83. The van der Waals surface area contributed by atoms with Gasteiger partial charge >= 0.3 is 0 Å². The van der Waals surface area contributed by atoms with Crippen molar-refractivity contribution in [3.05, 3.63) is 11.3 Å². The molecule has 0 aliphatic carbocycles. The molecular formula is C14H28N4. The molecule has 0 amide bonds. The minimum atomic E-state index is 0.564. The number of hydrogen-bond acceptors (Lipinski definition) is 3. The maximum atomic E-state index is 5.87. The van der Waals surface area contributed by atoms with Crippen molar-refractivity contribution < 1.29 is 0 Å². The van der Waals surface area contributed by atoms with Crippen molar-refractivity contribution in [3.8, 4) is 0 Å². The molecule has 0 aromatic carbocycles. The van der Waals surface area contributed by atoms with E-state index < -0.39 is 0 Å². The van der Waals surface area contributed by atoms with Gasteiger partial charge in [0, 0.05) is 32.2 Å². The second kappa shape index (κ2) is 6.78. The van der Waals surface area contributed by atoms with Crippen molar-refractivity contribution in [2.24, 2.45) is 18.7 Å². The standard InChI is InChI=1S/C14H28N4/c1-6-12(7-2)10-18(8-3)14-13(9-15)11(4)16-17(14)5/h12H,6-10,15H2,1-5H3. The summed E-state index contributed by atoms with van der Waals surface area (Å²) in [6.45, 7) is 11.4. The van der Waals surface area contributed by atoms with Gasteiger partial charge in [-0.05, 0) is 19.8 Å². The van der Waals surface area contributed by atoms with Crippen LogP contribution in [-0.4, -0.2) is 22.9 Å². The molecule has 2 N–H and O–H groups in total. The van der Waals surface area contributed by atoms with Crippen molar-refractivity contribution in [3.63, 3.8) is 0 Å². The molecular weight excluding hydrogens is 224 g/mol. The van der Waals surface area contributed by atoms with E-state index in [0.29, 0.717) is 6.54 Å². The van der Waals surface area contributed by atoms with E-state index in [4.69, 9.17) is 5.73 Å². The predicted molar refractivity (Wildman–Crippen MR) is 77.8 cm³/mol. The SMILES string of the molecule is CCC(CC)CN(CC)c1c(CN)c(C)nn1C. The lowest BCUT2D eigenvalue weighted by Crippen LogP contribution is -2.31. The largest absolute Gasteiger partial charge is 0.357 e. The fraction of sp³-hybridized carbons (Fsp3) is 0.786. The Morgan fingerprint density at radius 1 is 1.28 bits per heavy atom. The zero-order valence-electron chi connectivity index (χ0n) is 12.5. The molecule has 104 valence electrons. The van der Waals surface area contributed by atoms with Gasteiger partial charge in [-0.25, -0.2) is 0 Å². The van der Waals surface area contributed by atoms with E-state index in [1.54, 1.807) is 0 Å². The summed E-state index contributed by atoms with van der Waals surface area (Å²) in [6, 6.07) is 0. The quantitative estimate of drug-likeness (QED) is 0.811. The molecule has 18 heavy (non-hydrogen) atoms. The Hall–Kier alpha value is -1.03. The zero-order valence-corrected chi connectivity index (χ0v) is 12.5. The Balaban J connectivity index is 3.01. The van der Waals surface area contributed by atoms with Gasteiger partial charge in [0.25, 0.3) is 0 Å². The Morgan fingerprint density at radius 3 is 2.33 bits per heavy atom. The number of rotatable bonds is 7. The third-order valence-electron chi connectivity index (χ3n) is 3.83. The van der Waals surface area contributed by atoms with Crippen LogP contribution >= 0.6 is 0 Å². The van der Waals surface area contributed by atoms with Crippen LogP contribution in [0.25, 0.3) is 0 Å². The van der Waals surface area contributed by atoms with Gasteiger partial charge in [-0.1, -0.05) is 26.7 Å². The molecule has 4 heteroatoms. The molecule has 0 aliphatic heterocycles. The van der Waals surface area contributed by atoms with Gasteiger partial charge in [0.1, 0.15) is 5.82 Å². The van der Waals surface area contributed by atoms with Crippen LogP contribution in [-0.2, 0) is 13.6 Å². The van der Waals surface area contributed by atoms with Crippen molar-refractivity contribution in [1.29, 1.82) is 0 Å². The summed E-state index contributed by atoms with van der Waals surface area (Å²) in [5.74, 6) is 1.94. The Morgan fingerprint density at radius 2 is 1.89 bits per heavy atom. The topological polar surface area (TPSA) is 47.1 Å². The summed E-state index contributed by atoms with van der Waals surface area (Å²) < 4.78 is 1.98. The predicted octanol–water partition coefficient (Wildman–Crippen LogP) is 2.45. The molecule has 1 rings (SSSR count). The highest BCUT2D eigenvalue weighted by atomic mass is 15.4. The van der Waals surface area contributed by atoms with Crippen LogP contribution in [0, 0.1) is 12.8 Å². The minimum Gasteiger partial charge on any atom is -0.357 e. The number of nitrogens with two attached hydrogens (primary N) is 1. The number of anilines is 1. The second-order valence-electron chi connectivity index (χ2n) is 4.94. The van der Waals surface area contributed by atoms with Gasteiger partial charge in [-0.2, -0.15) is 5.10 Å². The summed E-state index contributed by atoms with van der Waals surface area (Å²) in [5.41, 5.74) is 8.11. The lowest BCUT2D eigenvalue weighted by molar-refractivity contribution is 0.480. The summed E-state index contributed by atoms with van der Waals surface area (Å²) in [4.78, 5) is 2.42. The Labute approximate surface area is 111 Å². The fourth-order valence-electron chi connectivity index (χ4n) is 2.55. The molecule has 0 radical (unpaired) electrons. The first-order valence-corrected chi connectivity index (χ1v) is 7.06. The van der Waals surface area contributed by atoms with Crippen LogP contribution in [0.3, 0.4) is 0 Å². The van der Waals surface area contributed by atoms with Crippen LogP contribution in [0.2, 0.25) is 0 Å². The minimum absolute atomic E-state index is 0.564. The van der Waals surface area contributed by atoms with E-state index in [0.717, 1.165) is 24.7 Å². The van der Waals surface area contributed by atoms with Crippen LogP contribution in [0.5, 0.6) is 0 Å². The van der Waals surface area contributed by atoms with Crippen molar-refractivity contribution in [2.75, 3.05) is 18.0 Å². The summed E-state index contributed by atoms with van der Waals surface area (Å²) in [7, 11) is 2.01. The Kier molecular flexibility index (Phi) is 5.66. The van der Waals surface area contributed by atoms with Gasteiger partial charge in [-0.3, -0.25) is 4.68 Å². The molecule has 0 aliphatic rings. The maximum absolute atomic E-state index is 5.87. The molecule has 4 nitrogen and oxygen atoms in total. The van der Waals surface area contributed by atoms with Crippen molar-refractivity contribution >= 4 is 5.82 Å². The van der Waals surface area contributed by atoms with Crippen molar-refractivity contribution in [2.45, 2.75) is 47.1 Å². The lowest BCUT2D eigenvalue weighted by atomic mass is 10.0. The fourth-order valence-corrected chi connectivity index (χ4v) is 2.55. The van der Waals surface area contributed by atoms with Gasteiger partial charge < -0.3 is 10.6 Å². The number of aromatic nitrogens is 2. The smallest absolute Gasteiger partial charge is 0.131 e. The molecule has 0 spiro atoms. The first kappa shape index (κ1) is 15.0. The van der Waals surface area contributed by atoms with Crippen LogP contribution in [0.1, 0.15) is 44.9 Å². The lowest BCUT2D eigenvalue weighted by Gasteiger charge is -2.28. The van der Waals surface area contributed by atoms with Crippen molar-refractivity contribution in [1.82, 2.24) is 9.78 Å². The van der Waals surface area contributed by atoms with Crippen LogP contribution in [0.15, 0.2) is 0 Å². The molecule has 0 fully saturated rings. The average molecular weight is 252 g/mol. The van der Waals surface area contributed by atoms with E-state index in [2.05, 4.69) is 30.8 Å². The normalized spacial score (nSPS) is 11.3. The number of hydrogen-bond donors (Lipinski definition) is 1. The highest BCUT2D eigenvalue weighted by Gasteiger charge is 2.19. The van der Waals surface area contributed by atoms with E-state index in [1.165, 1.54) is 24.2 Å². The second-order valence-corrected chi connectivity index (χ2v) is 4.94. The van der Waals surface area contributed by atoms with E-state index in [9.17, 15) is 0 Å². The average Bonchev–Trinajstić information content (AvgIpc) is 2.65. The zero-order chi connectivity index (χ0) is 13.7. The highest BCUT2D eigenvalue weighted by molar-refractivity contribution is 5.50. The summed E-state index contributed by atoms with van der Waals surface area (Å²) >= 11 is 0. The summed E-state index contributed by atoms with van der Waals surface area (Å²) in [6.07, 6.45) is 2.45. The molecule has 1 aromatic heterocycles.